The topological polar surface area (TPSA) is 83.8 Å². The molecule has 0 saturated heterocycles. The molecule has 0 heterocycles. The van der Waals surface area contributed by atoms with Gasteiger partial charge in [-0.15, -0.1) is 0 Å². The van der Waals surface area contributed by atoms with Crippen molar-refractivity contribution >= 4 is 11.9 Å². The van der Waals surface area contributed by atoms with Gasteiger partial charge in [0.25, 0.3) is 0 Å². The van der Waals surface area contributed by atoms with Crippen molar-refractivity contribution in [1.82, 2.24) is 0 Å². The van der Waals surface area contributed by atoms with Crippen molar-refractivity contribution in [2.75, 3.05) is 0 Å². The molecule has 0 fully saturated rings. The van der Waals surface area contributed by atoms with Crippen LogP contribution in [0.1, 0.15) is 96.4 Å². The Morgan fingerprint density at radius 1 is 0.862 bits per heavy atom. The summed E-state index contributed by atoms with van der Waals surface area (Å²) in [5, 5.41) is 20.0. The molecule has 156 valence electrons. The minimum absolute atomic E-state index is 0.137. The number of carbonyl (C=O) groups excluding carboxylic acids is 1. The molecule has 2 N–H and O–H groups in total. The van der Waals surface area contributed by atoms with Crippen LogP contribution >= 0.6 is 0 Å². The molecule has 2 rings (SSSR count). The summed E-state index contributed by atoms with van der Waals surface area (Å²) < 4.78 is 5.80. The van der Waals surface area contributed by atoms with Crippen LogP contribution in [0.3, 0.4) is 0 Å². The molecule has 29 heavy (non-hydrogen) atoms. The minimum atomic E-state index is -1.05. The van der Waals surface area contributed by atoms with Gasteiger partial charge in [-0.05, 0) is 37.0 Å². The van der Waals surface area contributed by atoms with E-state index >= 15 is 0 Å². The van der Waals surface area contributed by atoms with Crippen molar-refractivity contribution in [1.29, 1.82) is 0 Å². The molecule has 5 nitrogen and oxygen atoms in total. The standard InChI is InChI=1S/C24H30O5/c1-3-5-15-21(25)17-11-7-10-14-20(17)24(28)29-22(16-6-4-2)18-12-8-9-13-19(18)23(26)27/h7-14,21-22,25H,3-6,15-16H2,1-2H3,(H,26,27). The second-order valence-electron chi connectivity index (χ2n) is 7.17. The number of aliphatic hydroxyl groups excluding tert-OH is 1. The van der Waals surface area contributed by atoms with Crippen molar-refractivity contribution in [3.63, 3.8) is 0 Å². The molecule has 0 saturated carbocycles. The smallest absolute Gasteiger partial charge is 0.339 e. The molecule has 2 aromatic rings. The lowest BCUT2D eigenvalue weighted by Gasteiger charge is -2.21. The fraction of sp³-hybridized carbons (Fsp3) is 0.417. The highest BCUT2D eigenvalue weighted by Gasteiger charge is 2.25. The van der Waals surface area contributed by atoms with Crippen LogP contribution in [0.25, 0.3) is 0 Å². The van der Waals surface area contributed by atoms with E-state index in [1.54, 1.807) is 42.5 Å². The van der Waals surface area contributed by atoms with E-state index in [1.807, 2.05) is 13.8 Å². The normalized spacial score (nSPS) is 12.9. The van der Waals surface area contributed by atoms with E-state index in [-0.39, 0.29) is 5.56 Å². The molecular formula is C24H30O5. The fourth-order valence-corrected chi connectivity index (χ4v) is 3.36. The van der Waals surface area contributed by atoms with Crippen LogP contribution in [-0.2, 0) is 4.74 Å². The van der Waals surface area contributed by atoms with Gasteiger partial charge in [0.05, 0.1) is 17.2 Å². The number of ether oxygens (including phenoxy) is 1. The number of carbonyl (C=O) groups is 2. The lowest BCUT2D eigenvalue weighted by atomic mass is 9.97. The Bertz CT molecular complexity index is 814. The third kappa shape index (κ3) is 6.16. The van der Waals surface area contributed by atoms with Gasteiger partial charge in [-0.3, -0.25) is 0 Å². The van der Waals surface area contributed by atoms with Gasteiger partial charge < -0.3 is 14.9 Å². The SMILES string of the molecule is CCCCC(O)c1ccccc1C(=O)OC(CCCC)c1ccccc1C(=O)O. The second kappa shape index (κ2) is 11.4. The van der Waals surface area contributed by atoms with Crippen LogP contribution in [-0.4, -0.2) is 22.2 Å². The van der Waals surface area contributed by atoms with Gasteiger partial charge in [0.15, 0.2) is 0 Å². The van der Waals surface area contributed by atoms with Gasteiger partial charge in [-0.25, -0.2) is 9.59 Å². The molecule has 2 atom stereocenters. The number of esters is 1. The van der Waals surface area contributed by atoms with Crippen LogP contribution in [0.5, 0.6) is 0 Å². The van der Waals surface area contributed by atoms with Crippen LogP contribution < -0.4 is 0 Å². The third-order valence-corrected chi connectivity index (χ3v) is 4.98. The predicted molar refractivity (Wildman–Crippen MR) is 112 cm³/mol. The third-order valence-electron chi connectivity index (χ3n) is 4.98. The Labute approximate surface area is 172 Å². The Morgan fingerprint density at radius 2 is 1.41 bits per heavy atom. The molecule has 2 aromatic carbocycles. The Balaban J connectivity index is 2.31. The average Bonchev–Trinajstić information content (AvgIpc) is 2.74. The molecule has 0 aliphatic rings. The second-order valence-corrected chi connectivity index (χ2v) is 7.17. The summed E-state index contributed by atoms with van der Waals surface area (Å²) in [6.07, 6.45) is 3.22. The number of benzene rings is 2. The van der Waals surface area contributed by atoms with E-state index in [2.05, 4.69) is 0 Å². The number of hydrogen-bond acceptors (Lipinski definition) is 4. The van der Waals surface area contributed by atoms with Gasteiger partial charge in [0, 0.05) is 5.56 Å². The summed E-state index contributed by atoms with van der Waals surface area (Å²) >= 11 is 0. The van der Waals surface area contributed by atoms with Crippen LogP contribution in [0.4, 0.5) is 0 Å². The first-order valence-corrected chi connectivity index (χ1v) is 10.3. The van der Waals surface area contributed by atoms with Crippen molar-refractivity contribution in [2.24, 2.45) is 0 Å². The highest BCUT2D eigenvalue weighted by Crippen LogP contribution is 2.30. The zero-order valence-electron chi connectivity index (χ0n) is 17.1. The van der Waals surface area contributed by atoms with Crippen LogP contribution in [0, 0.1) is 0 Å². The van der Waals surface area contributed by atoms with Gasteiger partial charge in [-0.1, -0.05) is 69.5 Å². The lowest BCUT2D eigenvalue weighted by molar-refractivity contribution is 0.0258. The maximum atomic E-state index is 13.0. The zero-order chi connectivity index (χ0) is 21.2. The summed E-state index contributed by atoms with van der Waals surface area (Å²) in [5.41, 5.74) is 1.50. The number of carboxylic acid groups (broad SMARTS) is 1. The van der Waals surface area contributed by atoms with Crippen LogP contribution in [0.15, 0.2) is 48.5 Å². The van der Waals surface area contributed by atoms with Gasteiger partial charge in [-0.2, -0.15) is 0 Å². The first kappa shape index (κ1) is 22.6. The first-order chi connectivity index (χ1) is 14.0. The van der Waals surface area contributed by atoms with Crippen molar-refractivity contribution < 1.29 is 24.5 Å². The largest absolute Gasteiger partial charge is 0.478 e. The molecule has 0 aliphatic heterocycles. The summed E-state index contributed by atoms with van der Waals surface area (Å²) in [7, 11) is 0. The number of hydrogen-bond donors (Lipinski definition) is 2. The molecule has 0 amide bonds. The zero-order valence-corrected chi connectivity index (χ0v) is 17.1. The molecule has 0 bridgehead atoms. The van der Waals surface area contributed by atoms with E-state index in [4.69, 9.17) is 4.74 Å². The van der Waals surface area contributed by atoms with Crippen molar-refractivity contribution in [2.45, 2.75) is 64.6 Å². The Kier molecular flexibility index (Phi) is 8.87. The van der Waals surface area contributed by atoms with E-state index in [1.165, 1.54) is 6.07 Å². The van der Waals surface area contributed by atoms with E-state index < -0.39 is 24.1 Å². The van der Waals surface area contributed by atoms with Gasteiger partial charge >= 0.3 is 11.9 Å². The molecule has 0 aliphatic carbocycles. The van der Waals surface area contributed by atoms with Gasteiger partial charge in [0.1, 0.15) is 6.10 Å². The molecule has 0 radical (unpaired) electrons. The number of aromatic carboxylic acids is 1. The lowest BCUT2D eigenvalue weighted by Crippen LogP contribution is -2.17. The van der Waals surface area contributed by atoms with Crippen molar-refractivity contribution in [3.8, 4) is 0 Å². The average molecular weight is 398 g/mol. The number of unbranched alkanes of at least 4 members (excludes halogenated alkanes) is 2. The highest BCUT2D eigenvalue weighted by atomic mass is 16.5. The summed E-state index contributed by atoms with van der Waals surface area (Å²) in [6, 6.07) is 13.5. The molecule has 0 spiro atoms. The monoisotopic (exact) mass is 398 g/mol. The van der Waals surface area contributed by atoms with Crippen molar-refractivity contribution in [3.05, 3.63) is 70.8 Å². The Morgan fingerprint density at radius 3 is 2.03 bits per heavy atom. The summed E-state index contributed by atoms with van der Waals surface area (Å²) in [4.78, 5) is 24.6. The fourth-order valence-electron chi connectivity index (χ4n) is 3.36. The molecule has 0 aromatic heterocycles. The minimum Gasteiger partial charge on any atom is -0.478 e. The molecular weight excluding hydrogens is 368 g/mol. The maximum absolute atomic E-state index is 13.0. The highest BCUT2D eigenvalue weighted by molar-refractivity contribution is 5.92. The number of aliphatic hydroxyl groups is 1. The van der Waals surface area contributed by atoms with E-state index in [9.17, 15) is 19.8 Å². The number of rotatable bonds is 11. The molecule has 2 unspecified atom stereocenters. The molecule has 5 heteroatoms. The van der Waals surface area contributed by atoms with E-state index in [0.29, 0.717) is 29.5 Å². The van der Waals surface area contributed by atoms with E-state index in [0.717, 1.165) is 25.7 Å². The number of carboxylic acids is 1. The summed E-state index contributed by atoms with van der Waals surface area (Å²) in [6.45, 7) is 4.08. The first-order valence-electron chi connectivity index (χ1n) is 10.3. The quantitative estimate of drug-likeness (QED) is 0.475. The maximum Gasteiger partial charge on any atom is 0.339 e. The Hall–Kier alpha value is -2.66. The summed E-state index contributed by atoms with van der Waals surface area (Å²) in [5.74, 6) is -1.59. The predicted octanol–water partition coefficient (Wildman–Crippen LogP) is 5.70. The van der Waals surface area contributed by atoms with Crippen LogP contribution in [0.2, 0.25) is 0 Å². The van der Waals surface area contributed by atoms with Gasteiger partial charge in [0.2, 0.25) is 0 Å².